The van der Waals surface area contributed by atoms with E-state index in [2.05, 4.69) is 15.2 Å². The number of methoxy groups -OCH3 is 1. The van der Waals surface area contributed by atoms with Crippen molar-refractivity contribution in [2.24, 2.45) is 0 Å². The van der Waals surface area contributed by atoms with Crippen LogP contribution in [-0.4, -0.2) is 37.1 Å². The van der Waals surface area contributed by atoms with Crippen LogP contribution in [0.3, 0.4) is 0 Å². The van der Waals surface area contributed by atoms with Gasteiger partial charge < -0.3 is 19.9 Å². The fourth-order valence-corrected chi connectivity index (χ4v) is 3.08. The Kier molecular flexibility index (Phi) is 4.62. The molecule has 1 saturated heterocycles. The molecule has 23 heavy (non-hydrogen) atoms. The van der Waals surface area contributed by atoms with Crippen molar-refractivity contribution >= 4 is 23.8 Å². The molecule has 2 aromatic rings. The van der Waals surface area contributed by atoms with E-state index in [9.17, 15) is 4.79 Å². The summed E-state index contributed by atoms with van der Waals surface area (Å²) in [6.45, 7) is 1.64. The van der Waals surface area contributed by atoms with Crippen LogP contribution in [-0.2, 0) is 0 Å². The Morgan fingerprint density at radius 2 is 2.17 bits per heavy atom. The lowest BCUT2D eigenvalue weighted by Crippen LogP contribution is -2.37. The highest BCUT2D eigenvalue weighted by Crippen LogP contribution is 2.30. The van der Waals surface area contributed by atoms with Crippen LogP contribution in [0.25, 0.3) is 0 Å². The maximum atomic E-state index is 12.3. The van der Waals surface area contributed by atoms with E-state index in [1.54, 1.807) is 25.4 Å². The van der Waals surface area contributed by atoms with E-state index in [1.807, 2.05) is 24.3 Å². The van der Waals surface area contributed by atoms with Gasteiger partial charge in [-0.1, -0.05) is 24.4 Å². The number of hydrogen-bond acceptors (Lipinski definition) is 4. The summed E-state index contributed by atoms with van der Waals surface area (Å²) in [7, 11) is 1.67. The Morgan fingerprint density at radius 1 is 1.35 bits per heavy atom. The number of aromatic amines is 1. The molecule has 0 unspecified atom stereocenters. The Balaban J connectivity index is 1.67. The first-order valence-electron chi connectivity index (χ1n) is 7.55. The zero-order valence-corrected chi connectivity index (χ0v) is 13.7. The van der Waals surface area contributed by atoms with Crippen molar-refractivity contribution in [2.45, 2.75) is 12.5 Å². The minimum atomic E-state index is -0.126. The Labute approximate surface area is 140 Å². The second-order valence-electron chi connectivity index (χ2n) is 5.49. The monoisotopic (exact) mass is 329 g/mol. The third-order valence-corrected chi connectivity index (χ3v) is 4.35. The standard InChI is InChI=1S/C17H19N3O2S/c1-22-15-7-3-2-6-14(15)20-10-8-12(11-20)19-16(21)13-5-4-9-18-17(13)23/h2-7,9,12H,8,10-11H2,1H3,(H,18,23)(H,19,21)/t12-/m1/s1. The molecule has 3 rings (SSSR count). The third-order valence-electron chi connectivity index (χ3n) is 4.01. The van der Waals surface area contributed by atoms with Gasteiger partial charge >= 0.3 is 0 Å². The zero-order chi connectivity index (χ0) is 16.2. The molecular weight excluding hydrogens is 310 g/mol. The molecule has 0 bridgehead atoms. The third kappa shape index (κ3) is 3.37. The van der Waals surface area contributed by atoms with E-state index in [0.717, 1.165) is 30.9 Å². The fraction of sp³-hybridized carbons (Fsp3) is 0.294. The van der Waals surface area contributed by atoms with Gasteiger partial charge in [-0.25, -0.2) is 0 Å². The minimum absolute atomic E-state index is 0.0991. The van der Waals surface area contributed by atoms with E-state index in [0.29, 0.717) is 10.2 Å². The molecule has 120 valence electrons. The molecule has 2 heterocycles. The van der Waals surface area contributed by atoms with Gasteiger partial charge in [-0.3, -0.25) is 4.79 Å². The summed E-state index contributed by atoms with van der Waals surface area (Å²) < 4.78 is 5.87. The number of pyridine rings is 1. The smallest absolute Gasteiger partial charge is 0.254 e. The number of H-pyrrole nitrogens is 1. The van der Waals surface area contributed by atoms with Crippen LogP contribution < -0.4 is 15.0 Å². The van der Waals surface area contributed by atoms with E-state index in [4.69, 9.17) is 17.0 Å². The molecule has 0 spiro atoms. The maximum Gasteiger partial charge on any atom is 0.254 e. The Hall–Kier alpha value is -2.34. The number of aromatic nitrogens is 1. The fourth-order valence-electron chi connectivity index (χ4n) is 2.85. The summed E-state index contributed by atoms with van der Waals surface area (Å²) in [5.41, 5.74) is 1.57. The van der Waals surface area contributed by atoms with Gasteiger partial charge in [0, 0.05) is 25.3 Å². The molecule has 0 aliphatic carbocycles. The van der Waals surface area contributed by atoms with Crippen molar-refractivity contribution in [3.63, 3.8) is 0 Å². The first-order chi connectivity index (χ1) is 11.2. The van der Waals surface area contributed by atoms with Gasteiger partial charge in [0.2, 0.25) is 0 Å². The SMILES string of the molecule is COc1ccccc1N1CC[C@@H](NC(=O)c2ccc[nH]c2=S)C1. The Bertz CT molecular complexity index is 759. The lowest BCUT2D eigenvalue weighted by molar-refractivity contribution is 0.0939. The van der Waals surface area contributed by atoms with Gasteiger partial charge in [-0.05, 0) is 30.7 Å². The summed E-state index contributed by atoms with van der Waals surface area (Å²) >= 11 is 5.16. The summed E-state index contributed by atoms with van der Waals surface area (Å²) in [5.74, 6) is 0.726. The predicted molar refractivity (Wildman–Crippen MR) is 92.7 cm³/mol. The summed E-state index contributed by atoms with van der Waals surface area (Å²) in [6.07, 6.45) is 2.62. The first-order valence-corrected chi connectivity index (χ1v) is 7.96. The van der Waals surface area contributed by atoms with Crippen LogP contribution in [0.4, 0.5) is 5.69 Å². The number of benzene rings is 1. The van der Waals surface area contributed by atoms with Crippen molar-refractivity contribution in [1.29, 1.82) is 0 Å². The van der Waals surface area contributed by atoms with E-state index < -0.39 is 0 Å². The number of ether oxygens (including phenoxy) is 1. The Morgan fingerprint density at radius 3 is 2.96 bits per heavy atom. The van der Waals surface area contributed by atoms with Gasteiger partial charge in [-0.15, -0.1) is 0 Å². The van der Waals surface area contributed by atoms with Crippen LogP contribution in [0.15, 0.2) is 42.6 Å². The predicted octanol–water partition coefficient (Wildman–Crippen LogP) is 2.76. The zero-order valence-electron chi connectivity index (χ0n) is 12.9. The van der Waals surface area contributed by atoms with Gasteiger partial charge in [0.15, 0.2) is 0 Å². The van der Waals surface area contributed by atoms with Crippen LogP contribution in [0, 0.1) is 4.64 Å². The molecule has 1 amide bonds. The number of nitrogens with one attached hydrogen (secondary N) is 2. The average Bonchev–Trinajstić information content (AvgIpc) is 3.03. The average molecular weight is 329 g/mol. The van der Waals surface area contributed by atoms with Crippen molar-refractivity contribution in [3.8, 4) is 5.75 Å². The molecule has 1 aromatic heterocycles. The molecule has 5 nitrogen and oxygen atoms in total. The topological polar surface area (TPSA) is 57.4 Å². The second-order valence-corrected chi connectivity index (χ2v) is 5.90. The van der Waals surface area contributed by atoms with Crippen LogP contribution in [0.5, 0.6) is 5.75 Å². The summed E-state index contributed by atoms with van der Waals surface area (Å²) in [4.78, 5) is 17.5. The van der Waals surface area contributed by atoms with Crippen LogP contribution in [0.1, 0.15) is 16.8 Å². The number of nitrogens with zero attached hydrogens (tertiary/aromatic N) is 1. The minimum Gasteiger partial charge on any atom is -0.495 e. The molecule has 1 atom stereocenters. The highest BCUT2D eigenvalue weighted by Gasteiger charge is 2.26. The lowest BCUT2D eigenvalue weighted by Gasteiger charge is -2.21. The molecule has 2 N–H and O–H groups in total. The van der Waals surface area contributed by atoms with Gasteiger partial charge in [0.1, 0.15) is 10.4 Å². The maximum absolute atomic E-state index is 12.3. The first kappa shape index (κ1) is 15.6. The van der Waals surface area contributed by atoms with Crippen molar-refractivity contribution in [3.05, 3.63) is 52.8 Å². The number of carbonyl (C=O) groups excluding carboxylic acids is 1. The van der Waals surface area contributed by atoms with E-state index in [-0.39, 0.29) is 11.9 Å². The summed E-state index contributed by atoms with van der Waals surface area (Å²) in [5, 5.41) is 3.07. The van der Waals surface area contributed by atoms with E-state index >= 15 is 0 Å². The second kappa shape index (κ2) is 6.83. The highest BCUT2D eigenvalue weighted by molar-refractivity contribution is 7.71. The quantitative estimate of drug-likeness (QED) is 0.847. The van der Waals surface area contributed by atoms with E-state index in [1.165, 1.54) is 0 Å². The number of para-hydroxylation sites is 2. The molecule has 1 aliphatic heterocycles. The summed E-state index contributed by atoms with van der Waals surface area (Å²) in [6, 6.07) is 11.5. The van der Waals surface area contributed by atoms with Gasteiger partial charge in [0.25, 0.3) is 5.91 Å². The number of carbonyl (C=O) groups is 1. The molecule has 0 radical (unpaired) electrons. The van der Waals surface area contributed by atoms with Gasteiger partial charge in [0.05, 0.1) is 18.4 Å². The lowest BCUT2D eigenvalue weighted by atomic mass is 10.2. The molecule has 1 aliphatic rings. The van der Waals surface area contributed by atoms with Crippen molar-refractivity contribution in [2.75, 3.05) is 25.1 Å². The van der Waals surface area contributed by atoms with Crippen molar-refractivity contribution in [1.82, 2.24) is 10.3 Å². The molecule has 0 saturated carbocycles. The number of rotatable bonds is 4. The number of hydrogen-bond donors (Lipinski definition) is 2. The largest absolute Gasteiger partial charge is 0.495 e. The van der Waals surface area contributed by atoms with Gasteiger partial charge in [-0.2, -0.15) is 0 Å². The molecule has 6 heteroatoms. The number of amides is 1. The highest BCUT2D eigenvalue weighted by atomic mass is 32.1. The molecule has 1 fully saturated rings. The normalized spacial score (nSPS) is 17.1. The molecular formula is C17H19N3O2S. The van der Waals surface area contributed by atoms with Crippen LogP contribution >= 0.6 is 12.2 Å². The number of anilines is 1. The van der Waals surface area contributed by atoms with Crippen molar-refractivity contribution < 1.29 is 9.53 Å². The van der Waals surface area contributed by atoms with Crippen LogP contribution in [0.2, 0.25) is 0 Å². The molecule has 1 aromatic carbocycles.